The van der Waals surface area contributed by atoms with Gasteiger partial charge in [0.05, 0.1) is 23.5 Å². The molecule has 2 aromatic rings. The van der Waals surface area contributed by atoms with Gasteiger partial charge in [-0.05, 0) is 81.5 Å². The maximum absolute atomic E-state index is 13.7. The molecule has 0 saturated carbocycles. The summed E-state index contributed by atoms with van der Waals surface area (Å²) in [5, 5.41) is 0. The predicted molar refractivity (Wildman–Crippen MR) is 123 cm³/mol. The Kier molecular flexibility index (Phi) is 5.48. The molecule has 2 aliphatic rings. The van der Waals surface area contributed by atoms with Crippen LogP contribution < -0.4 is 4.90 Å². The number of aryl methyl sites for hydroxylation is 4. The van der Waals surface area contributed by atoms with Crippen LogP contribution in [-0.4, -0.2) is 42.0 Å². The number of imide groups is 1. The van der Waals surface area contributed by atoms with E-state index in [1.165, 1.54) is 4.90 Å². The molecule has 0 aliphatic carbocycles. The van der Waals surface area contributed by atoms with Gasteiger partial charge in [0.15, 0.2) is 0 Å². The summed E-state index contributed by atoms with van der Waals surface area (Å²) in [4.78, 5) is 30.8. The van der Waals surface area contributed by atoms with Crippen molar-refractivity contribution in [1.29, 1.82) is 0 Å². The van der Waals surface area contributed by atoms with Crippen LogP contribution in [0.2, 0.25) is 0 Å². The molecule has 0 radical (unpaired) electrons. The third kappa shape index (κ3) is 3.79. The van der Waals surface area contributed by atoms with Gasteiger partial charge in [-0.25, -0.2) is 4.90 Å². The minimum absolute atomic E-state index is 0.0178. The topological polar surface area (TPSA) is 49.9 Å². The highest BCUT2D eigenvalue weighted by Gasteiger charge is 2.44. The van der Waals surface area contributed by atoms with E-state index in [-0.39, 0.29) is 24.0 Å². The maximum atomic E-state index is 13.7. The number of morpholine rings is 1. The van der Waals surface area contributed by atoms with Crippen molar-refractivity contribution < 1.29 is 14.3 Å². The SMILES string of the molecule is Cc1ccc(C2=C(N3CC(C)OC(C)C3)C(=O)N(c3ccc(C)c(C)c3)C2=O)cc1C. The first kappa shape index (κ1) is 21.3. The Balaban J connectivity index is 1.86. The first-order valence-electron chi connectivity index (χ1n) is 10.9. The second-order valence-corrected chi connectivity index (χ2v) is 8.90. The van der Waals surface area contributed by atoms with Crippen molar-refractivity contribution in [2.24, 2.45) is 0 Å². The van der Waals surface area contributed by atoms with Crippen molar-refractivity contribution in [3.05, 3.63) is 69.9 Å². The Morgan fingerprint density at radius 1 is 0.774 bits per heavy atom. The highest BCUT2D eigenvalue weighted by atomic mass is 16.5. The van der Waals surface area contributed by atoms with Crippen molar-refractivity contribution in [2.75, 3.05) is 18.0 Å². The number of anilines is 1. The summed E-state index contributed by atoms with van der Waals surface area (Å²) in [6.45, 7) is 13.2. The highest BCUT2D eigenvalue weighted by molar-refractivity contribution is 6.45. The van der Waals surface area contributed by atoms with Crippen LogP contribution in [0, 0.1) is 27.7 Å². The number of benzene rings is 2. The predicted octanol–water partition coefficient (Wildman–Crippen LogP) is 4.31. The van der Waals surface area contributed by atoms with E-state index in [2.05, 4.69) is 0 Å². The summed E-state index contributed by atoms with van der Waals surface area (Å²) >= 11 is 0. The van der Waals surface area contributed by atoms with Crippen LogP contribution in [-0.2, 0) is 14.3 Å². The van der Waals surface area contributed by atoms with Gasteiger partial charge in [0.1, 0.15) is 5.70 Å². The fraction of sp³-hybridized carbons (Fsp3) is 0.385. The van der Waals surface area contributed by atoms with E-state index in [9.17, 15) is 9.59 Å². The van der Waals surface area contributed by atoms with Gasteiger partial charge >= 0.3 is 0 Å². The number of carbonyl (C=O) groups is 2. The number of ether oxygens (including phenoxy) is 1. The minimum atomic E-state index is -0.265. The molecule has 0 bridgehead atoms. The summed E-state index contributed by atoms with van der Waals surface area (Å²) in [6.07, 6.45) is -0.0355. The van der Waals surface area contributed by atoms with E-state index in [4.69, 9.17) is 4.74 Å². The van der Waals surface area contributed by atoms with Gasteiger partial charge in [-0.2, -0.15) is 0 Å². The summed E-state index contributed by atoms with van der Waals surface area (Å²) in [5.74, 6) is -0.527. The first-order chi connectivity index (χ1) is 14.7. The van der Waals surface area contributed by atoms with Crippen molar-refractivity contribution >= 4 is 23.1 Å². The van der Waals surface area contributed by atoms with Crippen molar-refractivity contribution in [3.8, 4) is 0 Å². The van der Waals surface area contributed by atoms with E-state index >= 15 is 0 Å². The quantitative estimate of drug-likeness (QED) is 0.697. The fourth-order valence-electron chi connectivity index (χ4n) is 4.43. The van der Waals surface area contributed by atoms with E-state index in [1.54, 1.807) is 0 Å². The molecule has 2 unspecified atom stereocenters. The molecule has 2 aliphatic heterocycles. The Morgan fingerprint density at radius 2 is 1.35 bits per heavy atom. The molecule has 1 saturated heterocycles. The number of rotatable bonds is 3. The average molecular weight is 419 g/mol. The number of amides is 2. The number of hydrogen-bond acceptors (Lipinski definition) is 4. The van der Waals surface area contributed by atoms with Gasteiger partial charge in [-0.3, -0.25) is 9.59 Å². The molecule has 31 heavy (non-hydrogen) atoms. The molecule has 0 N–H and O–H groups in total. The van der Waals surface area contributed by atoms with Gasteiger partial charge in [0.2, 0.25) is 0 Å². The van der Waals surface area contributed by atoms with E-state index in [0.717, 1.165) is 27.8 Å². The highest BCUT2D eigenvalue weighted by Crippen LogP contribution is 2.37. The standard InChI is InChI=1S/C26H30N2O3/c1-15-7-9-21(11-17(15)3)23-24(27-13-19(5)31-20(6)14-27)26(30)28(25(23)29)22-10-8-16(2)18(4)12-22/h7-12,19-20H,13-14H2,1-6H3. The molecule has 4 rings (SSSR count). The lowest BCUT2D eigenvalue weighted by molar-refractivity contribution is -0.121. The van der Waals surface area contributed by atoms with Crippen molar-refractivity contribution in [1.82, 2.24) is 4.90 Å². The lowest BCUT2D eigenvalue weighted by atomic mass is 9.99. The smallest absolute Gasteiger partial charge is 0.282 e. The van der Waals surface area contributed by atoms with Crippen molar-refractivity contribution in [2.45, 2.75) is 53.8 Å². The zero-order chi connectivity index (χ0) is 22.4. The molecule has 2 atom stereocenters. The average Bonchev–Trinajstić information content (AvgIpc) is 2.96. The second-order valence-electron chi connectivity index (χ2n) is 8.90. The molecule has 5 nitrogen and oxygen atoms in total. The number of nitrogens with zero attached hydrogens (tertiary/aromatic N) is 2. The third-order valence-electron chi connectivity index (χ3n) is 6.34. The Bertz CT molecular complexity index is 1090. The van der Waals surface area contributed by atoms with Crippen LogP contribution in [0.3, 0.4) is 0 Å². The van der Waals surface area contributed by atoms with E-state index in [1.807, 2.05) is 82.8 Å². The van der Waals surface area contributed by atoms with Gasteiger partial charge in [0, 0.05) is 13.1 Å². The normalized spacial score (nSPS) is 22.0. The zero-order valence-electron chi connectivity index (χ0n) is 19.2. The van der Waals surface area contributed by atoms with Crippen molar-refractivity contribution in [3.63, 3.8) is 0 Å². The monoisotopic (exact) mass is 418 g/mol. The van der Waals surface area contributed by atoms with Crippen LogP contribution in [0.1, 0.15) is 41.7 Å². The van der Waals surface area contributed by atoms with Gasteiger partial charge < -0.3 is 9.64 Å². The molecule has 0 spiro atoms. The van der Waals surface area contributed by atoms with Crippen LogP contribution in [0.15, 0.2) is 42.1 Å². The zero-order valence-corrected chi connectivity index (χ0v) is 19.2. The Morgan fingerprint density at radius 3 is 1.94 bits per heavy atom. The van der Waals surface area contributed by atoms with Crippen LogP contribution in [0.5, 0.6) is 0 Å². The lowest BCUT2D eigenvalue weighted by Crippen LogP contribution is -2.47. The van der Waals surface area contributed by atoms with Gasteiger partial charge in [0.25, 0.3) is 11.8 Å². The lowest BCUT2D eigenvalue weighted by Gasteiger charge is -2.37. The number of hydrogen-bond donors (Lipinski definition) is 0. The maximum Gasteiger partial charge on any atom is 0.282 e. The van der Waals surface area contributed by atoms with E-state index < -0.39 is 0 Å². The molecular weight excluding hydrogens is 388 g/mol. The summed E-state index contributed by atoms with van der Waals surface area (Å²) < 4.78 is 5.88. The van der Waals surface area contributed by atoms with E-state index in [0.29, 0.717) is 30.0 Å². The fourth-order valence-corrected chi connectivity index (χ4v) is 4.43. The largest absolute Gasteiger partial charge is 0.372 e. The second kappa shape index (κ2) is 7.97. The molecule has 2 aromatic carbocycles. The first-order valence-corrected chi connectivity index (χ1v) is 10.9. The summed E-state index contributed by atoms with van der Waals surface area (Å²) in [5.41, 5.74) is 6.79. The molecule has 162 valence electrons. The Labute approximate surface area is 184 Å². The molecule has 5 heteroatoms. The van der Waals surface area contributed by atoms with Crippen LogP contribution in [0.4, 0.5) is 5.69 Å². The number of carbonyl (C=O) groups excluding carboxylic acids is 2. The molecule has 1 fully saturated rings. The third-order valence-corrected chi connectivity index (χ3v) is 6.34. The Hall–Kier alpha value is -2.92. The van der Waals surface area contributed by atoms with Crippen LogP contribution in [0.25, 0.3) is 5.57 Å². The summed E-state index contributed by atoms with van der Waals surface area (Å²) in [7, 11) is 0. The molecule has 0 aromatic heterocycles. The minimum Gasteiger partial charge on any atom is -0.372 e. The molecular formula is C26H30N2O3. The van der Waals surface area contributed by atoms with Gasteiger partial charge in [-0.1, -0.05) is 24.3 Å². The van der Waals surface area contributed by atoms with Gasteiger partial charge in [-0.15, -0.1) is 0 Å². The van der Waals surface area contributed by atoms with Crippen LogP contribution >= 0.6 is 0 Å². The summed E-state index contributed by atoms with van der Waals surface area (Å²) in [6, 6.07) is 11.7. The molecule has 2 amide bonds. The molecule has 2 heterocycles.